The molecule has 5 aliphatic rings. The molecular weight excluding hydrogens is 509 g/mol. The van der Waals surface area contributed by atoms with Crippen LogP contribution in [0.15, 0.2) is 35.3 Å². The van der Waals surface area contributed by atoms with E-state index >= 15 is 0 Å². The Bertz CT molecular complexity index is 1280. The maximum absolute atomic E-state index is 13.6. The second-order valence-corrected chi connectivity index (χ2v) is 11.5. The van der Waals surface area contributed by atoms with Crippen molar-refractivity contribution in [2.24, 2.45) is 23.7 Å². The largest absolute Gasteiger partial charge is 0.481 e. The SMILES string of the molecule is O=C(O)[C@@H]1C2C[C@@H]3C[C@H](C2)CC1(n1ncc(N2CCN(c4cccc(C(F)(F)F)c4)CC2)c(Cl)c1=O)C3. The summed E-state index contributed by atoms with van der Waals surface area (Å²) >= 11 is 6.62. The highest BCUT2D eigenvalue weighted by Crippen LogP contribution is 2.61. The van der Waals surface area contributed by atoms with Gasteiger partial charge in [-0.3, -0.25) is 9.59 Å². The first-order valence-corrected chi connectivity index (χ1v) is 13.1. The minimum atomic E-state index is -4.41. The van der Waals surface area contributed by atoms with Crippen molar-refractivity contribution in [2.75, 3.05) is 36.0 Å². The molecule has 4 bridgehead atoms. The van der Waals surface area contributed by atoms with Crippen molar-refractivity contribution in [3.63, 3.8) is 0 Å². The number of carbonyl (C=O) groups is 1. The van der Waals surface area contributed by atoms with Crippen molar-refractivity contribution < 1.29 is 23.1 Å². The number of hydrogen-bond donors (Lipinski definition) is 1. The standard InChI is InChI=1S/C26H28ClF3N4O3/c27-22-20(33-6-4-32(5-7-33)19-3-1-2-18(11-19)26(28,29)30)14-31-34(23(22)35)25-12-15-8-16(13-25)10-17(9-15)21(25)24(36)37/h1-3,11,14-17,21H,4-10,12-13H2,(H,36,37)/t15-,16+,17?,21-,25?/m0/s1. The second-order valence-electron chi connectivity index (χ2n) is 11.1. The number of nitrogens with zero attached hydrogens (tertiary/aromatic N) is 4. The summed E-state index contributed by atoms with van der Waals surface area (Å²) < 4.78 is 40.8. The Morgan fingerprint density at radius 1 is 1.05 bits per heavy atom. The number of carboxylic acid groups (broad SMARTS) is 1. The topological polar surface area (TPSA) is 78.7 Å². The summed E-state index contributed by atoms with van der Waals surface area (Å²) in [5.74, 6) is -0.653. The van der Waals surface area contributed by atoms with Crippen LogP contribution in [0, 0.1) is 23.7 Å². The first kappa shape index (κ1) is 24.6. The van der Waals surface area contributed by atoms with Crippen molar-refractivity contribution in [1.82, 2.24) is 9.78 Å². The highest BCUT2D eigenvalue weighted by Gasteiger charge is 2.61. The molecule has 1 saturated heterocycles. The quantitative estimate of drug-likeness (QED) is 0.621. The number of piperazine rings is 1. The van der Waals surface area contributed by atoms with Gasteiger partial charge in [-0.05, 0) is 68.1 Å². The molecule has 4 saturated carbocycles. The third-order valence-corrected chi connectivity index (χ3v) is 9.38. The van der Waals surface area contributed by atoms with Gasteiger partial charge in [0.05, 0.1) is 28.9 Å². The van der Waals surface area contributed by atoms with E-state index in [4.69, 9.17) is 11.6 Å². The Kier molecular flexibility index (Phi) is 5.74. The summed E-state index contributed by atoms with van der Waals surface area (Å²) in [5.41, 5.74) is -1.03. The van der Waals surface area contributed by atoms with Crippen LogP contribution in [-0.2, 0) is 16.5 Å². The van der Waals surface area contributed by atoms with Gasteiger partial charge >= 0.3 is 12.1 Å². The molecule has 198 valence electrons. The predicted molar refractivity (Wildman–Crippen MR) is 132 cm³/mol. The first-order chi connectivity index (χ1) is 17.6. The number of aromatic nitrogens is 2. The molecular formula is C26H28ClF3N4O3. The number of hydrogen-bond acceptors (Lipinski definition) is 5. The third-order valence-electron chi connectivity index (χ3n) is 9.02. The summed E-state index contributed by atoms with van der Waals surface area (Å²) in [6, 6.07) is 5.26. The molecule has 5 atom stereocenters. The Balaban J connectivity index is 1.25. The number of carboxylic acids is 1. The van der Waals surface area contributed by atoms with E-state index in [-0.39, 0.29) is 10.9 Å². The second kappa shape index (κ2) is 8.64. The fourth-order valence-electron chi connectivity index (χ4n) is 7.78. The van der Waals surface area contributed by atoms with Crippen LogP contribution in [0.4, 0.5) is 24.5 Å². The van der Waals surface area contributed by atoms with Crippen LogP contribution in [0.2, 0.25) is 5.02 Å². The molecule has 7 rings (SSSR count). The van der Waals surface area contributed by atoms with Gasteiger partial charge in [0.25, 0.3) is 5.56 Å². The molecule has 11 heteroatoms. The van der Waals surface area contributed by atoms with Gasteiger partial charge in [-0.1, -0.05) is 17.7 Å². The van der Waals surface area contributed by atoms with Gasteiger partial charge in [0.2, 0.25) is 0 Å². The lowest BCUT2D eigenvalue weighted by Crippen LogP contribution is -2.63. The maximum Gasteiger partial charge on any atom is 0.416 e. The van der Waals surface area contributed by atoms with Crippen molar-refractivity contribution in [3.8, 4) is 0 Å². The lowest BCUT2D eigenvalue weighted by Gasteiger charge is -2.59. The van der Waals surface area contributed by atoms with E-state index < -0.39 is 34.7 Å². The van der Waals surface area contributed by atoms with Crippen LogP contribution in [-0.4, -0.2) is 47.0 Å². The Labute approximate surface area is 216 Å². The zero-order chi connectivity index (χ0) is 26.1. The van der Waals surface area contributed by atoms with Gasteiger partial charge in [-0.15, -0.1) is 0 Å². The molecule has 0 spiro atoms. The number of halogens is 4. The summed E-state index contributed by atoms with van der Waals surface area (Å²) in [7, 11) is 0. The molecule has 0 amide bonds. The highest BCUT2D eigenvalue weighted by atomic mass is 35.5. The lowest BCUT2D eigenvalue weighted by molar-refractivity contribution is -0.168. The number of anilines is 2. The van der Waals surface area contributed by atoms with Crippen LogP contribution in [0.25, 0.3) is 0 Å². The summed E-state index contributed by atoms with van der Waals surface area (Å²) in [6.07, 6.45) is 1.29. The van der Waals surface area contributed by atoms with Gasteiger partial charge in [-0.25, -0.2) is 4.68 Å². The molecule has 1 aromatic heterocycles. The van der Waals surface area contributed by atoms with Gasteiger partial charge in [0.1, 0.15) is 5.02 Å². The molecule has 1 aromatic carbocycles. The third kappa shape index (κ3) is 3.99. The summed E-state index contributed by atoms with van der Waals surface area (Å²) in [5, 5.41) is 14.7. The molecule has 7 nitrogen and oxygen atoms in total. The predicted octanol–water partition coefficient (Wildman–Crippen LogP) is 4.48. The molecule has 1 N–H and O–H groups in total. The number of benzene rings is 1. The minimum absolute atomic E-state index is 0.0161. The van der Waals surface area contributed by atoms with Gasteiger partial charge < -0.3 is 14.9 Å². The van der Waals surface area contributed by atoms with Crippen LogP contribution >= 0.6 is 11.6 Å². The Hall–Kier alpha value is -2.75. The number of aliphatic carboxylic acids is 1. The molecule has 2 unspecified atom stereocenters. The smallest absolute Gasteiger partial charge is 0.416 e. The van der Waals surface area contributed by atoms with Crippen molar-refractivity contribution in [2.45, 2.75) is 43.8 Å². The minimum Gasteiger partial charge on any atom is -0.481 e. The van der Waals surface area contributed by atoms with Crippen LogP contribution in [0.3, 0.4) is 0 Å². The van der Waals surface area contributed by atoms with Gasteiger partial charge in [0, 0.05) is 31.9 Å². The first-order valence-electron chi connectivity index (χ1n) is 12.7. The van der Waals surface area contributed by atoms with E-state index in [1.807, 2.05) is 9.80 Å². The molecule has 0 radical (unpaired) electrons. The zero-order valence-corrected chi connectivity index (χ0v) is 20.9. The lowest BCUT2D eigenvalue weighted by atomic mass is 9.48. The van der Waals surface area contributed by atoms with E-state index in [1.165, 1.54) is 10.7 Å². The van der Waals surface area contributed by atoms with Crippen LogP contribution in [0.1, 0.15) is 37.7 Å². The van der Waals surface area contributed by atoms with Crippen LogP contribution in [0.5, 0.6) is 0 Å². The number of alkyl halides is 3. The normalized spacial score (nSPS) is 31.1. The van der Waals surface area contributed by atoms with E-state index in [2.05, 4.69) is 5.10 Å². The molecule has 37 heavy (non-hydrogen) atoms. The van der Waals surface area contributed by atoms with Gasteiger partial charge in [-0.2, -0.15) is 18.3 Å². The molecule has 2 aromatic rings. The summed E-state index contributed by atoms with van der Waals surface area (Å²) in [6.45, 7) is 1.82. The van der Waals surface area contributed by atoms with E-state index in [9.17, 15) is 27.9 Å². The monoisotopic (exact) mass is 536 g/mol. The Morgan fingerprint density at radius 2 is 1.70 bits per heavy atom. The van der Waals surface area contributed by atoms with E-state index in [1.54, 1.807) is 12.3 Å². The van der Waals surface area contributed by atoms with E-state index in [0.717, 1.165) is 31.4 Å². The van der Waals surface area contributed by atoms with E-state index in [0.29, 0.717) is 62.2 Å². The summed E-state index contributed by atoms with van der Waals surface area (Å²) in [4.78, 5) is 29.7. The molecule has 5 fully saturated rings. The number of rotatable bonds is 4. The average Bonchev–Trinajstić information content (AvgIpc) is 2.84. The average molecular weight is 537 g/mol. The van der Waals surface area contributed by atoms with Crippen molar-refractivity contribution in [3.05, 3.63) is 51.4 Å². The fourth-order valence-corrected chi connectivity index (χ4v) is 8.03. The van der Waals surface area contributed by atoms with Crippen LogP contribution < -0.4 is 15.4 Å². The van der Waals surface area contributed by atoms with Crippen molar-refractivity contribution >= 4 is 28.9 Å². The molecule has 1 aliphatic heterocycles. The Morgan fingerprint density at radius 3 is 2.32 bits per heavy atom. The highest BCUT2D eigenvalue weighted by molar-refractivity contribution is 6.33. The molecule has 2 heterocycles. The molecule has 4 aliphatic carbocycles. The zero-order valence-electron chi connectivity index (χ0n) is 20.1. The van der Waals surface area contributed by atoms with Crippen molar-refractivity contribution in [1.29, 1.82) is 0 Å². The fraction of sp³-hybridized carbons (Fsp3) is 0.577. The van der Waals surface area contributed by atoms with Gasteiger partial charge in [0.15, 0.2) is 0 Å². The maximum atomic E-state index is 13.6.